The van der Waals surface area contributed by atoms with Gasteiger partial charge in [-0.15, -0.1) is 0 Å². The fourth-order valence-corrected chi connectivity index (χ4v) is 3.79. The molecule has 0 radical (unpaired) electrons. The number of likely N-dealkylation sites (tertiary alicyclic amines) is 1. The van der Waals surface area contributed by atoms with Crippen LogP contribution in [0.4, 0.5) is 0 Å². The quantitative estimate of drug-likeness (QED) is 0.909. The second-order valence-corrected chi connectivity index (χ2v) is 6.35. The highest BCUT2D eigenvalue weighted by atomic mass is 16.7. The number of fused-ring (bicyclic) bond motifs is 1. The lowest BCUT2D eigenvalue weighted by Crippen LogP contribution is -2.42. The number of carbonyl (C=O) groups excluding carboxylic acids is 1. The van der Waals surface area contributed by atoms with Crippen LogP contribution < -0.4 is 14.8 Å². The molecule has 0 aromatic heterocycles. The molecule has 3 aliphatic heterocycles. The summed E-state index contributed by atoms with van der Waals surface area (Å²) in [6.07, 6.45) is 4.21. The molecule has 0 bridgehead atoms. The molecule has 0 aliphatic carbocycles. The van der Waals surface area contributed by atoms with Crippen molar-refractivity contribution in [2.75, 3.05) is 26.4 Å². The lowest BCUT2D eigenvalue weighted by molar-refractivity contribution is -0.137. The largest absolute Gasteiger partial charge is 0.454 e. The zero-order valence-electron chi connectivity index (χ0n) is 12.7. The van der Waals surface area contributed by atoms with E-state index in [1.54, 1.807) is 0 Å². The van der Waals surface area contributed by atoms with Gasteiger partial charge in [0.2, 0.25) is 12.7 Å². The number of hydrogen-bond acceptors (Lipinski definition) is 4. The molecule has 2 atom stereocenters. The van der Waals surface area contributed by atoms with Crippen molar-refractivity contribution in [3.05, 3.63) is 23.8 Å². The molecule has 5 nitrogen and oxygen atoms in total. The number of nitrogens with one attached hydrogen (secondary N) is 1. The van der Waals surface area contributed by atoms with Gasteiger partial charge in [0.15, 0.2) is 11.5 Å². The van der Waals surface area contributed by atoms with Gasteiger partial charge in [0.05, 0.1) is 12.0 Å². The third-order valence-corrected chi connectivity index (χ3v) is 4.96. The zero-order valence-corrected chi connectivity index (χ0v) is 12.7. The Balaban J connectivity index is 1.54. The standard InChI is InChI=1S/C17H22N2O3/c20-17(13-3-1-7-18-10-13)19-8-2-4-14(19)12-5-6-15-16(9-12)22-11-21-15/h5-6,9,13-14,18H,1-4,7-8,10-11H2. The molecule has 1 aromatic rings. The van der Waals surface area contributed by atoms with Gasteiger partial charge in [0, 0.05) is 13.1 Å². The monoisotopic (exact) mass is 302 g/mol. The maximum atomic E-state index is 12.8. The van der Waals surface area contributed by atoms with Gasteiger partial charge >= 0.3 is 0 Å². The smallest absolute Gasteiger partial charge is 0.231 e. The molecule has 1 amide bonds. The Morgan fingerprint density at radius 2 is 2.09 bits per heavy atom. The van der Waals surface area contributed by atoms with E-state index in [9.17, 15) is 4.79 Å². The molecule has 1 aromatic carbocycles. The fourth-order valence-electron chi connectivity index (χ4n) is 3.79. The summed E-state index contributed by atoms with van der Waals surface area (Å²) in [5, 5.41) is 3.34. The van der Waals surface area contributed by atoms with Crippen LogP contribution in [0.5, 0.6) is 11.5 Å². The van der Waals surface area contributed by atoms with Crippen LogP contribution in [0, 0.1) is 5.92 Å². The Hall–Kier alpha value is -1.75. The van der Waals surface area contributed by atoms with Crippen molar-refractivity contribution in [3.63, 3.8) is 0 Å². The Kier molecular flexibility index (Phi) is 3.66. The van der Waals surface area contributed by atoms with Crippen LogP contribution in [0.2, 0.25) is 0 Å². The SMILES string of the molecule is O=C(C1CCCNC1)N1CCCC1c1ccc2c(c1)OCO2. The van der Waals surface area contributed by atoms with Crippen LogP contribution in [0.1, 0.15) is 37.3 Å². The molecule has 2 unspecified atom stereocenters. The summed E-state index contributed by atoms with van der Waals surface area (Å²) in [7, 11) is 0. The predicted molar refractivity (Wildman–Crippen MR) is 81.8 cm³/mol. The van der Waals surface area contributed by atoms with Gasteiger partial charge in [-0.2, -0.15) is 0 Å². The van der Waals surface area contributed by atoms with Crippen LogP contribution in [-0.2, 0) is 4.79 Å². The molecule has 0 saturated carbocycles. The van der Waals surface area contributed by atoms with Crippen molar-refractivity contribution in [2.24, 2.45) is 5.92 Å². The summed E-state index contributed by atoms with van der Waals surface area (Å²) in [4.78, 5) is 14.9. The number of carbonyl (C=O) groups is 1. The summed E-state index contributed by atoms with van der Waals surface area (Å²) >= 11 is 0. The highest BCUT2D eigenvalue weighted by Gasteiger charge is 2.34. The first-order valence-electron chi connectivity index (χ1n) is 8.23. The van der Waals surface area contributed by atoms with Crippen LogP contribution in [0.25, 0.3) is 0 Å². The maximum Gasteiger partial charge on any atom is 0.231 e. The van der Waals surface area contributed by atoms with Crippen LogP contribution in [-0.4, -0.2) is 37.2 Å². The highest BCUT2D eigenvalue weighted by molar-refractivity contribution is 5.80. The number of benzene rings is 1. The highest BCUT2D eigenvalue weighted by Crippen LogP contribution is 2.39. The van der Waals surface area contributed by atoms with E-state index in [0.29, 0.717) is 12.7 Å². The van der Waals surface area contributed by atoms with E-state index < -0.39 is 0 Å². The van der Waals surface area contributed by atoms with E-state index in [1.807, 2.05) is 12.1 Å². The Labute approximate surface area is 130 Å². The molecule has 0 spiro atoms. The summed E-state index contributed by atoms with van der Waals surface area (Å²) in [6.45, 7) is 3.02. The second-order valence-electron chi connectivity index (χ2n) is 6.35. The molecule has 3 aliphatic rings. The first-order valence-corrected chi connectivity index (χ1v) is 8.23. The minimum absolute atomic E-state index is 0.142. The summed E-state index contributed by atoms with van der Waals surface area (Å²) < 4.78 is 10.8. The first-order chi connectivity index (χ1) is 10.8. The maximum absolute atomic E-state index is 12.8. The van der Waals surface area contributed by atoms with Crippen molar-refractivity contribution < 1.29 is 14.3 Å². The second kappa shape index (κ2) is 5.80. The average Bonchev–Trinajstić information content (AvgIpc) is 3.23. The third-order valence-electron chi connectivity index (χ3n) is 4.96. The molecule has 3 heterocycles. The van der Waals surface area contributed by atoms with Gasteiger partial charge in [0.25, 0.3) is 0 Å². The normalized spacial score (nSPS) is 27.2. The van der Waals surface area contributed by atoms with E-state index >= 15 is 0 Å². The van der Waals surface area contributed by atoms with Crippen molar-refractivity contribution in [1.82, 2.24) is 10.2 Å². The minimum Gasteiger partial charge on any atom is -0.454 e. The Morgan fingerprint density at radius 1 is 1.18 bits per heavy atom. The minimum atomic E-state index is 0.142. The average molecular weight is 302 g/mol. The number of nitrogens with zero attached hydrogens (tertiary/aromatic N) is 1. The molecule has 2 fully saturated rings. The Bertz CT molecular complexity index is 569. The number of rotatable bonds is 2. The van der Waals surface area contributed by atoms with Gasteiger partial charge in [-0.3, -0.25) is 4.79 Å². The van der Waals surface area contributed by atoms with Crippen LogP contribution in [0.3, 0.4) is 0 Å². The zero-order chi connectivity index (χ0) is 14.9. The van der Waals surface area contributed by atoms with Gasteiger partial charge < -0.3 is 19.7 Å². The molecule has 1 N–H and O–H groups in total. The van der Waals surface area contributed by atoms with Crippen LogP contribution >= 0.6 is 0 Å². The van der Waals surface area contributed by atoms with Gasteiger partial charge in [0.1, 0.15) is 0 Å². The fraction of sp³-hybridized carbons (Fsp3) is 0.588. The molecule has 5 heteroatoms. The van der Waals surface area contributed by atoms with Crippen molar-refractivity contribution in [2.45, 2.75) is 31.7 Å². The predicted octanol–water partition coefficient (Wildman–Crippen LogP) is 2.08. The first kappa shape index (κ1) is 13.9. The third kappa shape index (κ3) is 2.43. The van der Waals surface area contributed by atoms with Crippen molar-refractivity contribution in [1.29, 1.82) is 0 Å². The molecule has 118 valence electrons. The molecule has 2 saturated heterocycles. The van der Waals surface area contributed by atoms with Gasteiger partial charge in [-0.25, -0.2) is 0 Å². The molecule has 4 rings (SSSR count). The Morgan fingerprint density at radius 3 is 2.95 bits per heavy atom. The van der Waals surface area contributed by atoms with Gasteiger partial charge in [-0.05, 0) is 49.9 Å². The lowest BCUT2D eigenvalue weighted by Gasteiger charge is -2.31. The van der Waals surface area contributed by atoms with E-state index in [-0.39, 0.29) is 12.0 Å². The molecule has 22 heavy (non-hydrogen) atoms. The van der Waals surface area contributed by atoms with Crippen molar-refractivity contribution >= 4 is 5.91 Å². The van der Waals surface area contributed by atoms with E-state index in [1.165, 1.54) is 5.56 Å². The number of ether oxygens (including phenoxy) is 2. The molecular weight excluding hydrogens is 280 g/mol. The molecular formula is C17H22N2O3. The number of piperidine rings is 1. The van der Waals surface area contributed by atoms with Gasteiger partial charge in [-0.1, -0.05) is 6.07 Å². The van der Waals surface area contributed by atoms with E-state index in [0.717, 1.165) is 56.8 Å². The number of hydrogen-bond donors (Lipinski definition) is 1. The summed E-state index contributed by atoms with van der Waals surface area (Å²) in [6, 6.07) is 6.26. The van der Waals surface area contributed by atoms with Crippen LogP contribution in [0.15, 0.2) is 18.2 Å². The van der Waals surface area contributed by atoms with E-state index in [4.69, 9.17) is 9.47 Å². The summed E-state index contributed by atoms with van der Waals surface area (Å²) in [5.74, 6) is 2.06. The van der Waals surface area contributed by atoms with Crippen molar-refractivity contribution in [3.8, 4) is 11.5 Å². The van der Waals surface area contributed by atoms with E-state index in [2.05, 4.69) is 16.3 Å². The topological polar surface area (TPSA) is 50.8 Å². The number of amides is 1. The summed E-state index contributed by atoms with van der Waals surface area (Å²) in [5.41, 5.74) is 1.17. The lowest BCUT2D eigenvalue weighted by atomic mass is 9.96.